The smallest absolute Gasteiger partial charge is 0.228 e. The molecular formula is C27H22ClNO. The van der Waals surface area contributed by atoms with E-state index in [9.17, 15) is 4.79 Å². The topological polar surface area (TPSA) is 20.3 Å². The van der Waals surface area contributed by atoms with E-state index in [-0.39, 0.29) is 11.8 Å². The van der Waals surface area contributed by atoms with Crippen LogP contribution in [0.5, 0.6) is 0 Å². The summed E-state index contributed by atoms with van der Waals surface area (Å²) in [4.78, 5) is 15.3. The van der Waals surface area contributed by atoms with Gasteiger partial charge in [0.15, 0.2) is 0 Å². The maximum Gasteiger partial charge on any atom is 0.228 e. The first-order chi connectivity index (χ1) is 14.6. The van der Waals surface area contributed by atoms with Gasteiger partial charge in [-0.05, 0) is 52.6 Å². The van der Waals surface area contributed by atoms with Gasteiger partial charge in [0.05, 0.1) is 6.54 Å². The number of carbonyl (C=O) groups is 1. The molecule has 3 heteroatoms. The summed E-state index contributed by atoms with van der Waals surface area (Å²) in [7, 11) is 0. The SMILES string of the molecule is Cc1cccc(C2CC(=O)N(Cc3ccc(Cl)cc3)c3ccc4ccccc4c32)c1. The molecule has 1 aliphatic rings. The van der Waals surface area contributed by atoms with E-state index in [1.54, 1.807) is 0 Å². The van der Waals surface area contributed by atoms with Crippen LogP contribution in [0.25, 0.3) is 10.8 Å². The summed E-state index contributed by atoms with van der Waals surface area (Å²) in [5.74, 6) is 0.208. The molecule has 0 aromatic heterocycles. The Bertz CT molecular complexity index is 1250. The average molecular weight is 412 g/mol. The molecule has 1 unspecified atom stereocenters. The second-order valence-corrected chi connectivity index (χ2v) is 8.43. The maximum absolute atomic E-state index is 13.3. The zero-order valence-corrected chi connectivity index (χ0v) is 17.6. The van der Waals surface area contributed by atoms with Crippen LogP contribution in [0.15, 0.2) is 84.9 Å². The third kappa shape index (κ3) is 3.38. The summed E-state index contributed by atoms with van der Waals surface area (Å²) in [6, 6.07) is 29.0. The van der Waals surface area contributed by atoms with Crippen LogP contribution in [0.2, 0.25) is 5.02 Å². The summed E-state index contributed by atoms with van der Waals surface area (Å²) in [6.45, 7) is 2.65. The summed E-state index contributed by atoms with van der Waals surface area (Å²) in [5, 5.41) is 3.12. The summed E-state index contributed by atoms with van der Waals surface area (Å²) >= 11 is 6.05. The number of hydrogen-bond donors (Lipinski definition) is 0. The summed E-state index contributed by atoms with van der Waals surface area (Å²) < 4.78 is 0. The first kappa shape index (κ1) is 18.9. The van der Waals surface area contributed by atoms with Crippen molar-refractivity contribution in [3.63, 3.8) is 0 Å². The zero-order chi connectivity index (χ0) is 20.7. The Morgan fingerprint density at radius 1 is 0.933 bits per heavy atom. The van der Waals surface area contributed by atoms with Crippen LogP contribution in [-0.4, -0.2) is 5.91 Å². The lowest BCUT2D eigenvalue weighted by Gasteiger charge is -2.35. The highest BCUT2D eigenvalue weighted by Crippen LogP contribution is 2.44. The fourth-order valence-corrected chi connectivity index (χ4v) is 4.65. The minimum Gasteiger partial charge on any atom is -0.308 e. The molecule has 5 rings (SSSR count). The van der Waals surface area contributed by atoms with E-state index >= 15 is 0 Å². The van der Waals surface area contributed by atoms with Gasteiger partial charge < -0.3 is 4.90 Å². The fraction of sp³-hybridized carbons (Fsp3) is 0.148. The predicted octanol–water partition coefficient (Wildman–Crippen LogP) is 6.87. The van der Waals surface area contributed by atoms with Crippen molar-refractivity contribution in [2.24, 2.45) is 0 Å². The zero-order valence-electron chi connectivity index (χ0n) is 16.8. The number of rotatable bonds is 3. The molecule has 0 bridgehead atoms. The molecule has 4 aromatic carbocycles. The van der Waals surface area contributed by atoms with Gasteiger partial charge in [-0.25, -0.2) is 0 Å². The highest BCUT2D eigenvalue weighted by Gasteiger charge is 2.33. The molecule has 0 fully saturated rings. The minimum absolute atomic E-state index is 0.0555. The lowest BCUT2D eigenvalue weighted by molar-refractivity contribution is -0.119. The standard InChI is InChI=1S/C27H22ClNO/c1-18-5-4-7-21(15-18)24-16-26(30)29(17-19-9-12-22(28)13-10-19)25-14-11-20-6-2-3-8-23(20)27(24)25/h2-15,24H,16-17H2,1H3. The Kier molecular flexibility index (Phi) is 4.80. The molecule has 1 amide bonds. The van der Waals surface area contributed by atoms with E-state index in [0.717, 1.165) is 11.3 Å². The van der Waals surface area contributed by atoms with Gasteiger partial charge in [0.1, 0.15) is 0 Å². The van der Waals surface area contributed by atoms with Crippen molar-refractivity contribution in [1.29, 1.82) is 0 Å². The molecule has 1 atom stereocenters. The highest BCUT2D eigenvalue weighted by molar-refractivity contribution is 6.30. The molecule has 2 nitrogen and oxygen atoms in total. The number of amides is 1. The Morgan fingerprint density at radius 2 is 1.73 bits per heavy atom. The normalized spacial score (nSPS) is 16.0. The van der Waals surface area contributed by atoms with E-state index in [2.05, 4.69) is 67.6 Å². The van der Waals surface area contributed by atoms with Crippen molar-refractivity contribution in [2.45, 2.75) is 25.8 Å². The third-order valence-electron chi connectivity index (χ3n) is 5.97. The van der Waals surface area contributed by atoms with Gasteiger partial charge in [-0.2, -0.15) is 0 Å². The summed E-state index contributed by atoms with van der Waals surface area (Å²) in [6.07, 6.45) is 0.470. The molecule has 0 saturated carbocycles. The fourth-order valence-electron chi connectivity index (χ4n) is 4.52. The third-order valence-corrected chi connectivity index (χ3v) is 6.22. The number of carbonyl (C=O) groups excluding carboxylic acids is 1. The second-order valence-electron chi connectivity index (χ2n) is 8.00. The van der Waals surface area contributed by atoms with Crippen molar-refractivity contribution < 1.29 is 4.79 Å². The van der Waals surface area contributed by atoms with Crippen molar-refractivity contribution in [3.05, 3.63) is 112 Å². The number of fused-ring (bicyclic) bond motifs is 3. The Balaban J connectivity index is 1.68. The molecular weight excluding hydrogens is 390 g/mol. The molecule has 0 spiro atoms. The van der Waals surface area contributed by atoms with Gasteiger partial charge in [-0.1, -0.05) is 83.9 Å². The molecule has 148 valence electrons. The number of hydrogen-bond acceptors (Lipinski definition) is 1. The lowest BCUT2D eigenvalue weighted by atomic mass is 9.81. The molecule has 0 aliphatic carbocycles. The number of aryl methyl sites for hydroxylation is 1. The molecule has 1 aliphatic heterocycles. The van der Waals surface area contributed by atoms with Crippen LogP contribution in [0.4, 0.5) is 5.69 Å². The van der Waals surface area contributed by atoms with Crippen LogP contribution < -0.4 is 4.90 Å². The van der Waals surface area contributed by atoms with Gasteiger partial charge in [0.25, 0.3) is 0 Å². The molecule has 30 heavy (non-hydrogen) atoms. The van der Waals surface area contributed by atoms with Crippen LogP contribution >= 0.6 is 11.6 Å². The van der Waals surface area contributed by atoms with E-state index < -0.39 is 0 Å². The van der Waals surface area contributed by atoms with Crippen LogP contribution in [0, 0.1) is 6.92 Å². The number of halogens is 1. The van der Waals surface area contributed by atoms with Crippen LogP contribution in [0.1, 0.15) is 34.6 Å². The monoisotopic (exact) mass is 411 g/mol. The first-order valence-electron chi connectivity index (χ1n) is 10.2. The van der Waals surface area contributed by atoms with E-state index in [0.29, 0.717) is 18.0 Å². The minimum atomic E-state index is 0.0555. The molecule has 0 saturated heterocycles. The van der Waals surface area contributed by atoms with Gasteiger partial charge in [0.2, 0.25) is 5.91 Å². The van der Waals surface area contributed by atoms with Crippen LogP contribution in [-0.2, 0) is 11.3 Å². The average Bonchev–Trinajstić information content (AvgIpc) is 2.76. The van der Waals surface area contributed by atoms with Crippen molar-refractivity contribution in [1.82, 2.24) is 0 Å². The van der Waals surface area contributed by atoms with Crippen LogP contribution in [0.3, 0.4) is 0 Å². The Labute approximate surface area is 181 Å². The first-order valence-corrected chi connectivity index (χ1v) is 10.6. The Morgan fingerprint density at radius 3 is 2.53 bits per heavy atom. The number of nitrogens with zero attached hydrogens (tertiary/aromatic N) is 1. The van der Waals surface area contributed by atoms with Gasteiger partial charge >= 0.3 is 0 Å². The van der Waals surface area contributed by atoms with E-state index in [4.69, 9.17) is 11.6 Å². The maximum atomic E-state index is 13.3. The quantitative estimate of drug-likeness (QED) is 0.360. The molecule has 4 aromatic rings. The summed E-state index contributed by atoms with van der Waals surface area (Å²) in [5.41, 5.74) is 5.73. The van der Waals surface area contributed by atoms with Gasteiger partial charge in [-0.3, -0.25) is 4.79 Å². The predicted molar refractivity (Wildman–Crippen MR) is 124 cm³/mol. The van der Waals surface area contributed by atoms with Crippen molar-refractivity contribution >= 4 is 34.0 Å². The molecule has 0 N–H and O–H groups in total. The van der Waals surface area contributed by atoms with Crippen molar-refractivity contribution in [3.8, 4) is 0 Å². The largest absolute Gasteiger partial charge is 0.308 e. The Hall–Kier alpha value is -3.10. The number of benzene rings is 4. The van der Waals surface area contributed by atoms with Gasteiger partial charge in [-0.15, -0.1) is 0 Å². The van der Waals surface area contributed by atoms with Gasteiger partial charge in [0, 0.05) is 23.0 Å². The molecule has 0 radical (unpaired) electrons. The van der Waals surface area contributed by atoms with E-state index in [1.807, 2.05) is 29.2 Å². The molecule has 1 heterocycles. The van der Waals surface area contributed by atoms with Crippen molar-refractivity contribution in [2.75, 3.05) is 4.90 Å². The lowest BCUT2D eigenvalue weighted by Crippen LogP contribution is -2.36. The second kappa shape index (κ2) is 7.62. The number of anilines is 1. The van der Waals surface area contributed by atoms with E-state index in [1.165, 1.54) is 27.5 Å². The highest BCUT2D eigenvalue weighted by atomic mass is 35.5.